The Balaban J connectivity index is 1.23. The molecule has 1 amide bonds. The Hall–Kier alpha value is -3.91. The summed E-state index contributed by atoms with van der Waals surface area (Å²) in [6.45, 7) is 11.5. The van der Waals surface area contributed by atoms with Crippen molar-refractivity contribution in [2.45, 2.75) is 46.2 Å². The van der Waals surface area contributed by atoms with E-state index >= 15 is 0 Å². The molecule has 2 fully saturated rings. The molecule has 2 aromatic heterocycles. The molecule has 1 N–H and O–H groups in total. The van der Waals surface area contributed by atoms with E-state index in [-0.39, 0.29) is 11.9 Å². The van der Waals surface area contributed by atoms with E-state index in [0.29, 0.717) is 5.41 Å². The number of aromatic nitrogens is 4. The number of rotatable bonds is 7. The lowest BCUT2D eigenvalue weighted by molar-refractivity contribution is 0.00131. The maximum absolute atomic E-state index is 13.7. The second-order valence-corrected chi connectivity index (χ2v) is 12.2. The maximum atomic E-state index is 13.7. The Labute approximate surface area is 243 Å². The highest BCUT2D eigenvalue weighted by Crippen LogP contribution is 2.40. The SMILES string of the molecule is CCn1ccc(-c2cc(-c3cnn(C)c3)cc([C@@H](C)NC(=O)c3cc(N4CCC5(CC4)CN(C)C5)ccc3C)c2)n1. The van der Waals surface area contributed by atoms with Crippen molar-refractivity contribution < 1.29 is 4.79 Å². The van der Waals surface area contributed by atoms with Gasteiger partial charge < -0.3 is 15.1 Å². The average Bonchev–Trinajstić information content (AvgIpc) is 3.62. The predicted octanol–water partition coefficient (Wildman–Crippen LogP) is 5.30. The molecule has 1 atom stereocenters. The number of hydrogen-bond acceptors (Lipinski definition) is 5. The fourth-order valence-electron chi connectivity index (χ4n) is 6.54. The van der Waals surface area contributed by atoms with Gasteiger partial charge in [-0.2, -0.15) is 10.2 Å². The van der Waals surface area contributed by atoms with Crippen molar-refractivity contribution in [2.24, 2.45) is 12.5 Å². The summed E-state index contributed by atoms with van der Waals surface area (Å²) < 4.78 is 3.74. The number of hydrogen-bond donors (Lipinski definition) is 1. The van der Waals surface area contributed by atoms with Gasteiger partial charge in [-0.3, -0.25) is 14.2 Å². The molecule has 2 aromatic carbocycles. The highest BCUT2D eigenvalue weighted by atomic mass is 16.1. The first kappa shape index (κ1) is 27.3. The molecule has 6 rings (SSSR count). The van der Waals surface area contributed by atoms with Gasteiger partial charge in [0.25, 0.3) is 5.91 Å². The summed E-state index contributed by atoms with van der Waals surface area (Å²) in [5.74, 6) is -0.0467. The van der Waals surface area contributed by atoms with Crippen molar-refractivity contribution in [3.8, 4) is 22.4 Å². The van der Waals surface area contributed by atoms with Gasteiger partial charge in [0.05, 0.1) is 17.9 Å². The van der Waals surface area contributed by atoms with Crippen LogP contribution in [0.15, 0.2) is 61.1 Å². The van der Waals surface area contributed by atoms with Gasteiger partial charge in [-0.25, -0.2) is 0 Å². The van der Waals surface area contributed by atoms with E-state index in [1.54, 1.807) is 4.68 Å². The van der Waals surface area contributed by atoms with Crippen LogP contribution in [0.1, 0.15) is 54.2 Å². The van der Waals surface area contributed by atoms with Gasteiger partial charge >= 0.3 is 0 Å². The zero-order valence-corrected chi connectivity index (χ0v) is 24.9. The molecule has 41 heavy (non-hydrogen) atoms. The number of aryl methyl sites for hydroxylation is 3. The standard InChI is InChI=1S/C33H41N7O/c1-6-40-12-9-31(36-40)27-16-25(15-26(17-27)28-19-34-38(5)20-28)24(3)35-32(41)30-18-29(8-7-23(30)2)39-13-10-33(11-14-39)21-37(4)22-33/h7-9,12,15-20,24H,6,10-11,13-14,21-22H2,1-5H3,(H,35,41)/t24-/m1/s1. The molecule has 8 nitrogen and oxygen atoms in total. The largest absolute Gasteiger partial charge is 0.371 e. The highest BCUT2D eigenvalue weighted by molar-refractivity contribution is 5.97. The molecule has 2 aliphatic rings. The van der Waals surface area contributed by atoms with Crippen molar-refractivity contribution in [1.82, 2.24) is 29.8 Å². The summed E-state index contributed by atoms with van der Waals surface area (Å²) in [5, 5.41) is 12.4. The molecule has 0 bridgehead atoms. The Kier molecular flexibility index (Phi) is 7.20. The minimum absolute atomic E-state index is 0.0467. The Bertz CT molecular complexity index is 1550. The highest BCUT2D eigenvalue weighted by Gasteiger charge is 2.43. The number of anilines is 1. The molecule has 214 valence electrons. The van der Waals surface area contributed by atoms with Crippen LogP contribution in [0.3, 0.4) is 0 Å². The molecule has 0 saturated carbocycles. The number of benzene rings is 2. The van der Waals surface area contributed by atoms with Crippen LogP contribution in [-0.2, 0) is 13.6 Å². The summed E-state index contributed by atoms with van der Waals surface area (Å²) >= 11 is 0. The van der Waals surface area contributed by atoms with E-state index in [2.05, 4.69) is 70.6 Å². The van der Waals surface area contributed by atoms with Crippen LogP contribution in [0.2, 0.25) is 0 Å². The zero-order valence-electron chi connectivity index (χ0n) is 24.9. The van der Waals surface area contributed by atoms with Gasteiger partial charge in [-0.05, 0) is 99.2 Å². The lowest BCUT2D eigenvalue weighted by Crippen LogP contribution is -2.58. The van der Waals surface area contributed by atoms with Crippen LogP contribution in [0, 0.1) is 12.3 Å². The van der Waals surface area contributed by atoms with E-state index < -0.39 is 0 Å². The van der Waals surface area contributed by atoms with E-state index in [4.69, 9.17) is 5.10 Å². The van der Waals surface area contributed by atoms with Crippen molar-refractivity contribution >= 4 is 11.6 Å². The average molecular weight is 552 g/mol. The van der Waals surface area contributed by atoms with Gasteiger partial charge in [-0.1, -0.05) is 6.07 Å². The Morgan fingerprint density at radius 1 is 1.02 bits per heavy atom. The quantitative estimate of drug-likeness (QED) is 0.338. The second-order valence-electron chi connectivity index (χ2n) is 12.2. The van der Waals surface area contributed by atoms with Crippen molar-refractivity contribution in [1.29, 1.82) is 0 Å². The predicted molar refractivity (Wildman–Crippen MR) is 164 cm³/mol. The first-order valence-electron chi connectivity index (χ1n) is 14.7. The van der Waals surface area contributed by atoms with E-state index in [1.807, 2.05) is 50.2 Å². The van der Waals surface area contributed by atoms with Crippen LogP contribution >= 0.6 is 0 Å². The molecular weight excluding hydrogens is 510 g/mol. The monoisotopic (exact) mass is 551 g/mol. The van der Waals surface area contributed by atoms with Crippen molar-refractivity contribution in [2.75, 3.05) is 38.1 Å². The summed E-state index contributed by atoms with van der Waals surface area (Å²) in [4.78, 5) is 18.5. The summed E-state index contributed by atoms with van der Waals surface area (Å²) in [7, 11) is 4.13. The number of amides is 1. The number of carbonyl (C=O) groups excluding carboxylic acids is 1. The van der Waals surface area contributed by atoms with E-state index in [1.165, 1.54) is 25.9 Å². The number of nitrogens with zero attached hydrogens (tertiary/aromatic N) is 6. The maximum Gasteiger partial charge on any atom is 0.252 e. The van der Waals surface area contributed by atoms with Crippen molar-refractivity contribution in [3.63, 3.8) is 0 Å². The smallest absolute Gasteiger partial charge is 0.252 e. The summed E-state index contributed by atoms with van der Waals surface area (Å²) in [6, 6.07) is 14.6. The lowest BCUT2D eigenvalue weighted by atomic mass is 9.72. The first-order valence-corrected chi connectivity index (χ1v) is 14.7. The number of nitrogens with one attached hydrogen (secondary N) is 1. The number of carbonyl (C=O) groups is 1. The third-order valence-electron chi connectivity index (χ3n) is 8.97. The molecule has 4 aromatic rings. The minimum Gasteiger partial charge on any atom is -0.371 e. The van der Waals surface area contributed by atoms with Crippen LogP contribution < -0.4 is 10.2 Å². The molecule has 0 unspecified atom stereocenters. The van der Waals surface area contributed by atoms with Gasteiger partial charge in [0, 0.05) is 74.5 Å². The number of piperidine rings is 1. The topological polar surface area (TPSA) is 71.2 Å². The second kappa shape index (κ2) is 10.8. The van der Waals surface area contributed by atoms with Gasteiger partial charge in [-0.15, -0.1) is 0 Å². The third kappa shape index (κ3) is 5.53. The fourth-order valence-corrected chi connectivity index (χ4v) is 6.54. The van der Waals surface area contributed by atoms with E-state index in [9.17, 15) is 4.79 Å². The molecule has 0 radical (unpaired) electrons. The van der Waals surface area contributed by atoms with Crippen molar-refractivity contribution in [3.05, 3.63) is 77.7 Å². The third-order valence-corrected chi connectivity index (χ3v) is 8.97. The van der Waals surface area contributed by atoms with Crippen LogP contribution in [-0.4, -0.2) is 63.6 Å². The summed E-state index contributed by atoms with van der Waals surface area (Å²) in [6.07, 6.45) is 8.32. The van der Waals surface area contributed by atoms with Gasteiger partial charge in [0.2, 0.25) is 0 Å². The molecule has 1 spiro atoms. The fraction of sp³-hybridized carbons (Fsp3) is 0.424. The molecule has 2 saturated heterocycles. The molecule has 4 heterocycles. The lowest BCUT2D eigenvalue weighted by Gasteiger charge is -2.53. The molecule has 0 aliphatic carbocycles. The van der Waals surface area contributed by atoms with Crippen LogP contribution in [0.4, 0.5) is 5.69 Å². The minimum atomic E-state index is -0.195. The molecule has 2 aliphatic heterocycles. The molecule has 8 heteroatoms. The normalized spacial score (nSPS) is 17.4. The van der Waals surface area contributed by atoms with Gasteiger partial charge in [0.15, 0.2) is 0 Å². The van der Waals surface area contributed by atoms with Crippen LogP contribution in [0.25, 0.3) is 22.4 Å². The molecular formula is C33H41N7O. The van der Waals surface area contributed by atoms with Gasteiger partial charge in [0.1, 0.15) is 0 Å². The Morgan fingerprint density at radius 3 is 2.44 bits per heavy atom. The zero-order chi connectivity index (χ0) is 28.7. The Morgan fingerprint density at radius 2 is 1.78 bits per heavy atom. The van der Waals surface area contributed by atoms with Crippen LogP contribution in [0.5, 0.6) is 0 Å². The van der Waals surface area contributed by atoms with E-state index in [0.717, 1.165) is 64.4 Å². The number of likely N-dealkylation sites (tertiary alicyclic amines) is 1. The first-order chi connectivity index (χ1) is 19.7. The summed E-state index contributed by atoms with van der Waals surface area (Å²) in [5.41, 5.74) is 8.42.